The van der Waals surface area contributed by atoms with Crippen molar-refractivity contribution in [3.8, 4) is 0 Å². The number of nitrogens with zero attached hydrogens (tertiary/aromatic N) is 2. The van der Waals surface area contributed by atoms with Gasteiger partial charge < -0.3 is 10.2 Å². The average Bonchev–Trinajstić information content (AvgIpc) is 2.90. The molecule has 1 N–H and O–H groups in total. The molecule has 0 spiro atoms. The van der Waals surface area contributed by atoms with Crippen molar-refractivity contribution in [2.45, 2.75) is 72.5 Å². The molecule has 0 unspecified atom stereocenters. The fraction of sp³-hybridized carbons (Fsp3) is 0.394. The van der Waals surface area contributed by atoms with Gasteiger partial charge in [0, 0.05) is 32.0 Å². The van der Waals surface area contributed by atoms with Crippen molar-refractivity contribution in [2.75, 3.05) is 17.1 Å². The predicted octanol–water partition coefficient (Wildman–Crippen LogP) is 5.32. The minimum Gasteiger partial charge on any atom is -0.352 e. The van der Waals surface area contributed by atoms with Crippen LogP contribution in [-0.4, -0.2) is 50.0 Å². The Labute approximate surface area is 245 Å². The van der Waals surface area contributed by atoms with Gasteiger partial charge in [-0.15, -0.1) is 0 Å². The van der Waals surface area contributed by atoms with Crippen LogP contribution < -0.4 is 9.62 Å². The average molecular weight is 578 g/mol. The zero-order valence-electron chi connectivity index (χ0n) is 25.1. The standard InChI is InChI=1S/C33H43N3O4S/c1-24(2)34-33(38)31(22-28-11-8-7-9-12-28)35(23-29-18-15-25(3)16-19-29)32(37)13-10-20-36(41(6,39)40)30-21-26(4)14-17-27(30)5/h7-9,11-12,14-19,21,24,31H,10,13,20,22-23H2,1-6H3,(H,34,38)/t31-/m0/s1. The summed E-state index contributed by atoms with van der Waals surface area (Å²) in [5, 5.41) is 3.00. The third-order valence-corrected chi connectivity index (χ3v) is 8.14. The number of amides is 2. The number of benzene rings is 3. The number of carbonyl (C=O) groups excluding carboxylic acids is 2. The van der Waals surface area contributed by atoms with Crippen LogP contribution in [0.2, 0.25) is 0 Å². The van der Waals surface area contributed by atoms with Crippen LogP contribution in [0, 0.1) is 20.8 Å². The molecule has 0 saturated heterocycles. The number of anilines is 1. The second-order valence-corrected chi connectivity index (χ2v) is 13.0. The first kappa shape index (κ1) is 31.9. The summed E-state index contributed by atoms with van der Waals surface area (Å²) in [7, 11) is -3.57. The number of hydrogen-bond acceptors (Lipinski definition) is 4. The first-order valence-electron chi connectivity index (χ1n) is 14.1. The number of aryl methyl sites for hydroxylation is 3. The number of carbonyl (C=O) groups is 2. The largest absolute Gasteiger partial charge is 0.352 e. The van der Waals surface area contributed by atoms with E-state index in [1.807, 2.05) is 107 Å². The van der Waals surface area contributed by atoms with E-state index in [1.165, 1.54) is 10.6 Å². The molecular weight excluding hydrogens is 534 g/mol. The molecule has 0 heterocycles. The van der Waals surface area contributed by atoms with Crippen LogP contribution in [0.1, 0.15) is 54.5 Å². The van der Waals surface area contributed by atoms with Crippen LogP contribution in [0.15, 0.2) is 72.8 Å². The maximum atomic E-state index is 13.9. The van der Waals surface area contributed by atoms with Gasteiger partial charge in [0.25, 0.3) is 0 Å². The maximum absolute atomic E-state index is 13.9. The van der Waals surface area contributed by atoms with E-state index in [2.05, 4.69) is 5.32 Å². The Morgan fingerprint density at radius 2 is 1.49 bits per heavy atom. The SMILES string of the molecule is Cc1ccc(CN(C(=O)CCCN(c2cc(C)ccc2C)S(C)(=O)=O)[C@@H](Cc2ccccc2)C(=O)NC(C)C)cc1. The highest BCUT2D eigenvalue weighted by Crippen LogP contribution is 2.25. The van der Waals surface area contributed by atoms with Gasteiger partial charge in [0.1, 0.15) is 6.04 Å². The monoisotopic (exact) mass is 577 g/mol. The Balaban J connectivity index is 1.89. The van der Waals surface area contributed by atoms with Gasteiger partial charge in [0.15, 0.2) is 0 Å². The molecule has 3 aromatic carbocycles. The van der Waals surface area contributed by atoms with Crippen molar-refractivity contribution in [3.05, 3.63) is 101 Å². The van der Waals surface area contributed by atoms with Gasteiger partial charge in [-0.3, -0.25) is 13.9 Å². The molecule has 1 atom stereocenters. The minimum atomic E-state index is -3.57. The predicted molar refractivity (Wildman–Crippen MR) is 166 cm³/mol. The summed E-state index contributed by atoms with van der Waals surface area (Å²) in [6.45, 7) is 10.0. The molecule has 0 aliphatic carbocycles. The molecule has 2 amide bonds. The lowest BCUT2D eigenvalue weighted by Crippen LogP contribution is -2.51. The van der Waals surface area contributed by atoms with E-state index < -0.39 is 16.1 Å². The maximum Gasteiger partial charge on any atom is 0.243 e. The molecule has 3 rings (SSSR count). The summed E-state index contributed by atoms with van der Waals surface area (Å²) in [6.07, 6.45) is 1.97. The Kier molecular flexibility index (Phi) is 11.1. The van der Waals surface area contributed by atoms with Crippen LogP contribution in [0.25, 0.3) is 0 Å². The smallest absolute Gasteiger partial charge is 0.243 e. The second-order valence-electron chi connectivity index (χ2n) is 11.1. The Bertz CT molecular complexity index is 1420. The van der Waals surface area contributed by atoms with Gasteiger partial charge in [-0.25, -0.2) is 8.42 Å². The van der Waals surface area contributed by atoms with E-state index in [0.29, 0.717) is 18.5 Å². The van der Waals surface area contributed by atoms with Gasteiger partial charge in [-0.1, -0.05) is 72.3 Å². The molecule has 0 aromatic heterocycles. The fourth-order valence-electron chi connectivity index (χ4n) is 4.80. The lowest BCUT2D eigenvalue weighted by atomic mass is 10.0. The first-order chi connectivity index (χ1) is 19.3. The van der Waals surface area contributed by atoms with Crippen molar-refractivity contribution >= 4 is 27.5 Å². The molecule has 0 bridgehead atoms. The van der Waals surface area contributed by atoms with E-state index in [0.717, 1.165) is 27.8 Å². The molecule has 220 valence electrons. The van der Waals surface area contributed by atoms with E-state index in [9.17, 15) is 18.0 Å². The Morgan fingerprint density at radius 3 is 2.10 bits per heavy atom. The van der Waals surface area contributed by atoms with Gasteiger partial charge >= 0.3 is 0 Å². The summed E-state index contributed by atoms with van der Waals surface area (Å²) >= 11 is 0. The molecule has 7 nitrogen and oxygen atoms in total. The topological polar surface area (TPSA) is 86.8 Å². The third-order valence-electron chi connectivity index (χ3n) is 6.96. The zero-order chi connectivity index (χ0) is 30.2. The van der Waals surface area contributed by atoms with Crippen molar-refractivity contribution in [1.29, 1.82) is 0 Å². The highest BCUT2D eigenvalue weighted by Gasteiger charge is 2.31. The molecule has 0 aliphatic rings. The molecule has 0 fully saturated rings. The van der Waals surface area contributed by atoms with E-state index in [1.54, 1.807) is 4.90 Å². The summed E-state index contributed by atoms with van der Waals surface area (Å²) in [5.74, 6) is -0.405. The molecule has 0 radical (unpaired) electrons. The molecule has 0 aliphatic heterocycles. The fourth-order valence-corrected chi connectivity index (χ4v) is 5.81. The van der Waals surface area contributed by atoms with Crippen LogP contribution >= 0.6 is 0 Å². The molecule has 3 aromatic rings. The van der Waals surface area contributed by atoms with E-state index in [4.69, 9.17) is 0 Å². The lowest BCUT2D eigenvalue weighted by Gasteiger charge is -2.32. The van der Waals surface area contributed by atoms with Crippen molar-refractivity contribution < 1.29 is 18.0 Å². The van der Waals surface area contributed by atoms with Gasteiger partial charge in [0.05, 0.1) is 11.9 Å². The molecule has 41 heavy (non-hydrogen) atoms. The van der Waals surface area contributed by atoms with Crippen LogP contribution in [0.3, 0.4) is 0 Å². The number of nitrogens with one attached hydrogen (secondary N) is 1. The summed E-state index contributed by atoms with van der Waals surface area (Å²) in [5.41, 5.74) is 5.41. The first-order valence-corrected chi connectivity index (χ1v) is 15.9. The van der Waals surface area contributed by atoms with Crippen molar-refractivity contribution in [1.82, 2.24) is 10.2 Å². The van der Waals surface area contributed by atoms with Gasteiger partial charge in [0.2, 0.25) is 21.8 Å². The summed E-state index contributed by atoms with van der Waals surface area (Å²) < 4.78 is 26.9. The second kappa shape index (κ2) is 14.3. The van der Waals surface area contributed by atoms with Crippen LogP contribution in [0.5, 0.6) is 0 Å². The summed E-state index contributed by atoms with van der Waals surface area (Å²) in [6, 6.07) is 22.5. The minimum absolute atomic E-state index is 0.0852. The number of hydrogen-bond donors (Lipinski definition) is 1. The Morgan fingerprint density at radius 1 is 0.854 bits per heavy atom. The summed E-state index contributed by atoms with van der Waals surface area (Å²) in [4.78, 5) is 29.1. The quantitative estimate of drug-likeness (QED) is 0.298. The van der Waals surface area contributed by atoms with E-state index in [-0.39, 0.29) is 37.4 Å². The third kappa shape index (κ3) is 9.46. The van der Waals surface area contributed by atoms with Gasteiger partial charge in [-0.2, -0.15) is 0 Å². The van der Waals surface area contributed by atoms with Crippen molar-refractivity contribution in [2.24, 2.45) is 0 Å². The highest BCUT2D eigenvalue weighted by molar-refractivity contribution is 7.92. The number of rotatable bonds is 13. The van der Waals surface area contributed by atoms with E-state index >= 15 is 0 Å². The lowest BCUT2D eigenvalue weighted by molar-refractivity contribution is -0.141. The molecule has 8 heteroatoms. The zero-order valence-corrected chi connectivity index (χ0v) is 25.9. The van der Waals surface area contributed by atoms with Gasteiger partial charge in [-0.05, 0) is 69.4 Å². The van der Waals surface area contributed by atoms with Crippen LogP contribution in [0.4, 0.5) is 5.69 Å². The van der Waals surface area contributed by atoms with Crippen LogP contribution in [-0.2, 0) is 32.6 Å². The van der Waals surface area contributed by atoms with Crippen molar-refractivity contribution in [3.63, 3.8) is 0 Å². The normalized spacial score (nSPS) is 12.2. The molecule has 0 saturated carbocycles. The Hall–Kier alpha value is -3.65. The highest BCUT2D eigenvalue weighted by atomic mass is 32.2. The molecular formula is C33H43N3O4S. The number of sulfonamides is 1.